The smallest absolute Gasteiger partial charge is 0.302 e. The molecule has 0 fully saturated rings. The number of hydrogen-bond donors (Lipinski definition) is 0. The fourth-order valence-corrected chi connectivity index (χ4v) is 0.207. The molecule has 0 amide bonds. The maximum Gasteiger partial charge on any atom is 0.503 e. The Labute approximate surface area is 39.0 Å². The summed E-state index contributed by atoms with van der Waals surface area (Å²) < 4.78 is 15.2. The summed E-state index contributed by atoms with van der Waals surface area (Å²) in [5, 5.41) is 1.32. The molecule has 0 heterocycles. The lowest BCUT2D eigenvalue weighted by Crippen LogP contribution is -2.12. The average Bonchev–Trinajstić information content (AvgIpc) is 1.35. The van der Waals surface area contributed by atoms with Gasteiger partial charge in [0.1, 0.15) is 0 Å². The summed E-state index contributed by atoms with van der Waals surface area (Å²) >= 11 is 0. The van der Waals surface area contributed by atoms with Gasteiger partial charge < -0.3 is 4.53 Å². The highest BCUT2D eigenvalue weighted by atomic mass is 28.3. The third-order valence-electron chi connectivity index (χ3n) is 0.217. The van der Waals surface area contributed by atoms with Crippen molar-refractivity contribution in [2.45, 2.75) is 0 Å². The molecule has 0 saturated heterocycles. The van der Waals surface area contributed by atoms with Crippen molar-refractivity contribution in [2.24, 2.45) is 0 Å². The van der Waals surface area contributed by atoms with E-state index in [0.29, 0.717) is 0 Å². The van der Waals surface area contributed by atoms with Crippen LogP contribution in [0.3, 0.4) is 0 Å². The molecule has 6 heavy (non-hydrogen) atoms. The Morgan fingerprint density at radius 1 is 1.67 bits per heavy atom. The van der Waals surface area contributed by atoms with E-state index in [1.54, 1.807) is 14.1 Å². The highest BCUT2D eigenvalue weighted by Crippen LogP contribution is 1.71. The van der Waals surface area contributed by atoms with Gasteiger partial charge in [-0.3, -0.25) is 4.11 Å². The van der Waals surface area contributed by atoms with E-state index < -0.39 is 10.1 Å². The molecule has 2 radical (unpaired) electrons. The first-order chi connectivity index (χ1) is 2.77. The zero-order valence-corrected chi connectivity index (χ0v) is 4.73. The van der Waals surface area contributed by atoms with E-state index >= 15 is 0 Å². The minimum atomic E-state index is -0.936. The van der Waals surface area contributed by atoms with Crippen LogP contribution in [0.25, 0.3) is 0 Å². The van der Waals surface area contributed by atoms with Gasteiger partial charge >= 0.3 is 10.1 Å². The molecule has 0 aliphatic carbocycles. The van der Waals surface area contributed by atoms with Gasteiger partial charge in [0, 0.05) is 14.1 Å². The minimum absolute atomic E-state index is 0.936. The van der Waals surface area contributed by atoms with Crippen LogP contribution < -0.4 is 0 Å². The van der Waals surface area contributed by atoms with Crippen LogP contribution in [0.15, 0.2) is 0 Å². The van der Waals surface area contributed by atoms with Crippen LogP contribution >= 0.6 is 0 Å². The van der Waals surface area contributed by atoms with Crippen molar-refractivity contribution in [2.75, 3.05) is 14.1 Å². The van der Waals surface area contributed by atoms with Crippen LogP contribution in [-0.2, 0) is 4.53 Å². The summed E-state index contributed by atoms with van der Waals surface area (Å²) in [6.45, 7) is 0. The molecule has 0 aromatic carbocycles. The van der Waals surface area contributed by atoms with Gasteiger partial charge in [0.25, 0.3) is 0 Å². The first-order valence-corrected chi connectivity index (χ1v) is 2.26. The number of rotatable bonds is 2. The van der Waals surface area contributed by atoms with Crippen LogP contribution in [0.2, 0.25) is 0 Å². The quantitative estimate of drug-likeness (QED) is 0.279. The topological polar surface area (TPSA) is 12.5 Å². The van der Waals surface area contributed by atoms with Gasteiger partial charge in [-0.05, 0) is 0 Å². The largest absolute Gasteiger partial charge is 0.503 e. The zero-order chi connectivity index (χ0) is 4.99. The summed E-state index contributed by atoms with van der Waals surface area (Å²) in [5.74, 6) is 0. The Morgan fingerprint density at radius 2 is 2.17 bits per heavy atom. The fraction of sp³-hybridized carbons (Fsp3) is 1.00. The second kappa shape index (κ2) is 3.26. The van der Waals surface area contributed by atoms with Crippen LogP contribution in [0.4, 0.5) is 4.11 Å². The van der Waals surface area contributed by atoms with Gasteiger partial charge in [0.2, 0.25) is 0 Å². The molecule has 0 aromatic heterocycles. The molecule has 0 bridgehead atoms. The number of halogens is 1. The highest BCUT2D eigenvalue weighted by Gasteiger charge is 1.86. The maximum atomic E-state index is 11.0. The Balaban J connectivity index is 2.63. The molecule has 4 heteroatoms. The van der Waals surface area contributed by atoms with Crippen molar-refractivity contribution < 1.29 is 8.63 Å². The lowest BCUT2D eigenvalue weighted by atomic mass is 11.2. The van der Waals surface area contributed by atoms with Gasteiger partial charge in [0.15, 0.2) is 0 Å². The van der Waals surface area contributed by atoms with Crippen molar-refractivity contribution in [3.05, 3.63) is 0 Å². The number of hydrogen-bond acceptors (Lipinski definition) is 2. The molecule has 0 N–H and O–H groups in total. The standard InChI is InChI=1S/C2H6FNOSi/c1-4(2)5-6-3/h1-2H3. The molecule has 0 saturated carbocycles. The zero-order valence-electron chi connectivity index (χ0n) is 3.73. The van der Waals surface area contributed by atoms with Crippen LogP contribution in [0.5, 0.6) is 0 Å². The predicted molar refractivity (Wildman–Crippen MR) is 21.6 cm³/mol. The van der Waals surface area contributed by atoms with E-state index in [2.05, 4.69) is 4.53 Å². The molecule has 0 atom stereocenters. The third-order valence-corrected chi connectivity index (χ3v) is 0.651. The van der Waals surface area contributed by atoms with Gasteiger partial charge in [-0.15, -0.1) is 0 Å². The van der Waals surface area contributed by atoms with Gasteiger partial charge in [-0.2, -0.15) is 0 Å². The van der Waals surface area contributed by atoms with Gasteiger partial charge in [-0.25, -0.2) is 5.06 Å². The Hall–Kier alpha value is 0.0669. The van der Waals surface area contributed by atoms with Gasteiger partial charge in [-0.1, -0.05) is 0 Å². The molecule has 0 aliphatic heterocycles. The Kier molecular flexibility index (Phi) is 3.30. The van der Waals surface area contributed by atoms with E-state index in [1.165, 1.54) is 5.06 Å². The molecule has 0 rings (SSSR count). The molecule has 0 unspecified atom stereocenters. The van der Waals surface area contributed by atoms with Crippen molar-refractivity contribution in [3.63, 3.8) is 0 Å². The molecular weight excluding hydrogens is 101 g/mol. The molecule has 36 valence electrons. The first kappa shape index (κ1) is 6.07. The average molecular weight is 107 g/mol. The second-order valence-corrected chi connectivity index (χ2v) is 1.32. The second-order valence-electron chi connectivity index (χ2n) is 0.981. The highest BCUT2D eigenvalue weighted by molar-refractivity contribution is 6.16. The summed E-state index contributed by atoms with van der Waals surface area (Å²) in [5.41, 5.74) is 0. The molecule has 0 aliphatic rings. The summed E-state index contributed by atoms with van der Waals surface area (Å²) in [7, 11) is 2.33. The van der Waals surface area contributed by atoms with Gasteiger partial charge in [0.05, 0.1) is 0 Å². The van der Waals surface area contributed by atoms with Crippen LogP contribution in [-0.4, -0.2) is 29.3 Å². The van der Waals surface area contributed by atoms with E-state index in [-0.39, 0.29) is 0 Å². The SMILES string of the molecule is CN(C)O[Si]F. The van der Waals surface area contributed by atoms with E-state index in [4.69, 9.17) is 0 Å². The Morgan fingerprint density at radius 3 is 2.17 bits per heavy atom. The maximum absolute atomic E-state index is 11.0. The summed E-state index contributed by atoms with van der Waals surface area (Å²) in [6.07, 6.45) is 0. The third kappa shape index (κ3) is 4.07. The molecule has 0 spiro atoms. The first-order valence-electron chi connectivity index (χ1n) is 1.47. The molecule has 0 aromatic rings. The van der Waals surface area contributed by atoms with Crippen molar-refractivity contribution in [1.82, 2.24) is 5.06 Å². The summed E-state index contributed by atoms with van der Waals surface area (Å²) in [6, 6.07) is 0. The Bertz CT molecular complexity index is 34.7. The van der Waals surface area contributed by atoms with Crippen molar-refractivity contribution in [3.8, 4) is 0 Å². The fourth-order valence-electron chi connectivity index (χ4n) is 0.0690. The minimum Gasteiger partial charge on any atom is -0.302 e. The lowest BCUT2D eigenvalue weighted by Gasteiger charge is -2.02. The predicted octanol–water partition coefficient (Wildman–Crippen LogP) is -0.0167. The van der Waals surface area contributed by atoms with E-state index in [1.807, 2.05) is 0 Å². The number of nitrogens with zero attached hydrogens (tertiary/aromatic N) is 1. The van der Waals surface area contributed by atoms with Crippen molar-refractivity contribution in [1.29, 1.82) is 0 Å². The van der Waals surface area contributed by atoms with E-state index in [9.17, 15) is 4.11 Å². The monoisotopic (exact) mass is 107 g/mol. The lowest BCUT2D eigenvalue weighted by molar-refractivity contribution is -0.00868. The normalized spacial score (nSPS) is 10.0. The van der Waals surface area contributed by atoms with Crippen LogP contribution in [0.1, 0.15) is 0 Å². The number of hydroxylamine groups is 2. The van der Waals surface area contributed by atoms with Crippen LogP contribution in [0, 0.1) is 0 Å². The van der Waals surface area contributed by atoms with E-state index in [0.717, 1.165) is 0 Å². The van der Waals surface area contributed by atoms with Crippen molar-refractivity contribution >= 4 is 10.1 Å². The molecule has 2 nitrogen and oxygen atoms in total. The molecular formula is C2H6FNOSi. The summed E-state index contributed by atoms with van der Waals surface area (Å²) in [4.78, 5) is 0.